The molecule has 1 nitrogen and oxygen atoms in total. The monoisotopic (exact) mass is 196 g/mol. The fourth-order valence-corrected chi connectivity index (χ4v) is 1.55. The van der Waals surface area contributed by atoms with Gasteiger partial charge in [0.05, 0.1) is 6.61 Å². The number of ether oxygens (including phenoxy) is 1. The number of thiocarbonyl (C=S) groups is 1. The van der Waals surface area contributed by atoms with Crippen LogP contribution in [0.1, 0.15) is 12.5 Å². The van der Waals surface area contributed by atoms with Crippen molar-refractivity contribution in [3.63, 3.8) is 0 Å². The molecule has 0 unspecified atom stereocenters. The van der Waals surface area contributed by atoms with Gasteiger partial charge in [0.1, 0.15) is 0 Å². The van der Waals surface area contributed by atoms with Gasteiger partial charge in [0.15, 0.2) is 5.05 Å². The normalized spacial score (nSPS) is 8.45. The SMILES string of the molecule is CCOC(=S)c1ccsc1.[NaH]. The van der Waals surface area contributed by atoms with Gasteiger partial charge in [0, 0.05) is 10.9 Å². The summed E-state index contributed by atoms with van der Waals surface area (Å²) in [6.07, 6.45) is 0. The van der Waals surface area contributed by atoms with Crippen LogP contribution in [0.2, 0.25) is 0 Å². The molecule has 0 aromatic carbocycles. The third-order valence-corrected chi connectivity index (χ3v) is 2.07. The second kappa shape index (κ2) is 6.14. The Morgan fingerprint density at radius 3 is 2.91 bits per heavy atom. The molecule has 0 aliphatic carbocycles. The summed E-state index contributed by atoms with van der Waals surface area (Å²) in [6.45, 7) is 2.58. The predicted molar refractivity (Wildman–Crippen MR) is 54.8 cm³/mol. The molecule has 0 saturated carbocycles. The van der Waals surface area contributed by atoms with E-state index in [4.69, 9.17) is 17.0 Å². The van der Waals surface area contributed by atoms with Gasteiger partial charge in [-0.25, -0.2) is 0 Å². The summed E-state index contributed by atoms with van der Waals surface area (Å²) < 4.78 is 5.12. The molecule has 0 fully saturated rings. The van der Waals surface area contributed by atoms with Crippen LogP contribution < -0.4 is 0 Å². The standard InChI is InChI=1S/C7H8OS2.Na.H/c1-2-8-7(9)6-3-4-10-5-6;;/h3-5H,2H2,1H3;;. The van der Waals surface area contributed by atoms with Crippen LogP contribution in [0.5, 0.6) is 0 Å². The van der Waals surface area contributed by atoms with Crippen molar-refractivity contribution < 1.29 is 4.74 Å². The van der Waals surface area contributed by atoms with Crippen LogP contribution in [0.15, 0.2) is 16.8 Å². The third-order valence-electron chi connectivity index (χ3n) is 1.03. The zero-order valence-corrected chi connectivity index (χ0v) is 7.30. The van der Waals surface area contributed by atoms with Crippen LogP contribution in [0.25, 0.3) is 0 Å². The summed E-state index contributed by atoms with van der Waals surface area (Å²) in [5, 5.41) is 4.57. The maximum absolute atomic E-state index is 5.12. The van der Waals surface area contributed by atoms with E-state index in [2.05, 4.69) is 0 Å². The number of thiophene rings is 1. The molecule has 4 heteroatoms. The van der Waals surface area contributed by atoms with Crippen LogP contribution in [0, 0.1) is 0 Å². The zero-order chi connectivity index (χ0) is 7.40. The first-order valence-corrected chi connectivity index (χ1v) is 4.39. The van der Waals surface area contributed by atoms with E-state index in [0.29, 0.717) is 11.7 Å². The Balaban J connectivity index is 0.000001000. The second-order valence-corrected chi connectivity index (χ2v) is 2.88. The Kier molecular flexibility index (Phi) is 6.47. The van der Waals surface area contributed by atoms with E-state index >= 15 is 0 Å². The van der Waals surface area contributed by atoms with E-state index < -0.39 is 0 Å². The van der Waals surface area contributed by atoms with Gasteiger partial charge in [-0.3, -0.25) is 0 Å². The zero-order valence-electron chi connectivity index (χ0n) is 5.66. The molecule has 0 aliphatic rings. The van der Waals surface area contributed by atoms with Crippen molar-refractivity contribution >= 4 is 58.2 Å². The molecule has 1 aromatic heterocycles. The molecule has 0 amide bonds. The molecule has 1 heterocycles. The van der Waals surface area contributed by atoms with E-state index in [1.807, 2.05) is 23.8 Å². The predicted octanol–water partition coefficient (Wildman–Crippen LogP) is 1.81. The summed E-state index contributed by atoms with van der Waals surface area (Å²) in [6, 6.07) is 1.96. The average Bonchev–Trinajstić information content (AvgIpc) is 2.38. The molecule has 0 bridgehead atoms. The fourth-order valence-electron chi connectivity index (χ4n) is 0.595. The Morgan fingerprint density at radius 2 is 2.45 bits per heavy atom. The fraction of sp³-hybridized carbons (Fsp3) is 0.286. The molecule has 1 aromatic rings. The first-order chi connectivity index (χ1) is 4.84. The molecule has 0 aliphatic heterocycles. The van der Waals surface area contributed by atoms with Crippen LogP contribution in [0.3, 0.4) is 0 Å². The van der Waals surface area contributed by atoms with E-state index in [1.54, 1.807) is 11.3 Å². The van der Waals surface area contributed by atoms with Crippen molar-refractivity contribution in [1.82, 2.24) is 0 Å². The topological polar surface area (TPSA) is 9.23 Å². The molecular formula is C7H9NaOS2. The van der Waals surface area contributed by atoms with Crippen LogP contribution >= 0.6 is 23.6 Å². The van der Waals surface area contributed by atoms with Crippen LogP contribution in [0.4, 0.5) is 0 Å². The summed E-state index contributed by atoms with van der Waals surface area (Å²) in [7, 11) is 0. The Hall–Kier alpha value is 0.590. The van der Waals surface area contributed by atoms with Crippen molar-refractivity contribution in [3.8, 4) is 0 Å². The van der Waals surface area contributed by atoms with Crippen LogP contribution in [-0.4, -0.2) is 41.2 Å². The first-order valence-electron chi connectivity index (χ1n) is 3.04. The van der Waals surface area contributed by atoms with Crippen molar-refractivity contribution in [2.45, 2.75) is 6.92 Å². The third kappa shape index (κ3) is 3.67. The number of hydrogen-bond acceptors (Lipinski definition) is 3. The van der Waals surface area contributed by atoms with Crippen LogP contribution in [-0.2, 0) is 4.74 Å². The number of rotatable bonds is 2. The van der Waals surface area contributed by atoms with Gasteiger partial charge < -0.3 is 4.74 Å². The molecule has 0 radical (unpaired) electrons. The molecule has 56 valence electrons. The van der Waals surface area contributed by atoms with Gasteiger partial charge in [-0.15, -0.1) is 0 Å². The second-order valence-electron chi connectivity index (χ2n) is 1.73. The van der Waals surface area contributed by atoms with Gasteiger partial charge in [-0.1, -0.05) is 0 Å². The van der Waals surface area contributed by atoms with Crippen molar-refractivity contribution in [3.05, 3.63) is 22.4 Å². The Bertz CT molecular complexity index is 208. The van der Waals surface area contributed by atoms with Crippen molar-refractivity contribution in [2.75, 3.05) is 6.61 Å². The molecule has 0 atom stereocenters. The van der Waals surface area contributed by atoms with Crippen molar-refractivity contribution in [1.29, 1.82) is 0 Å². The van der Waals surface area contributed by atoms with E-state index in [-0.39, 0.29) is 29.6 Å². The van der Waals surface area contributed by atoms with E-state index in [1.165, 1.54) is 0 Å². The van der Waals surface area contributed by atoms with E-state index in [0.717, 1.165) is 5.56 Å². The van der Waals surface area contributed by atoms with Gasteiger partial charge in [-0.05, 0) is 30.6 Å². The maximum atomic E-state index is 5.12. The summed E-state index contributed by atoms with van der Waals surface area (Å²) in [5.74, 6) is 0. The quantitative estimate of drug-likeness (QED) is 0.527. The van der Waals surface area contributed by atoms with Gasteiger partial charge >= 0.3 is 29.6 Å². The first kappa shape index (κ1) is 11.6. The molecule has 0 saturated heterocycles. The Labute approximate surface area is 98.1 Å². The molecule has 0 N–H and O–H groups in total. The molecule has 11 heavy (non-hydrogen) atoms. The summed E-state index contributed by atoms with van der Waals surface area (Å²) >= 11 is 6.58. The minimum atomic E-state index is 0. The van der Waals surface area contributed by atoms with E-state index in [9.17, 15) is 0 Å². The minimum absolute atomic E-state index is 0. The Morgan fingerprint density at radius 1 is 1.73 bits per heavy atom. The molecule has 0 spiro atoms. The summed E-state index contributed by atoms with van der Waals surface area (Å²) in [5.41, 5.74) is 1.02. The van der Waals surface area contributed by atoms with Gasteiger partial charge in [0.25, 0.3) is 0 Å². The van der Waals surface area contributed by atoms with Gasteiger partial charge in [-0.2, -0.15) is 11.3 Å². The molecule has 1 rings (SSSR count). The number of hydrogen-bond donors (Lipinski definition) is 0. The van der Waals surface area contributed by atoms with Gasteiger partial charge in [0.2, 0.25) is 0 Å². The molecular weight excluding hydrogens is 187 g/mol. The average molecular weight is 196 g/mol. The van der Waals surface area contributed by atoms with Crippen molar-refractivity contribution in [2.24, 2.45) is 0 Å². The summed E-state index contributed by atoms with van der Waals surface area (Å²) in [4.78, 5) is 0.